The van der Waals surface area contributed by atoms with Gasteiger partial charge in [-0.15, -0.1) is 0 Å². The van der Waals surface area contributed by atoms with E-state index in [1.165, 1.54) is 0 Å². The first kappa shape index (κ1) is 10.4. The zero-order valence-electron chi connectivity index (χ0n) is 9.26. The Bertz CT molecular complexity index is 351. The molecule has 0 radical (unpaired) electrons. The van der Waals surface area contributed by atoms with Gasteiger partial charge in [-0.3, -0.25) is 0 Å². The number of likely N-dealkylation sites (N-methyl/N-ethyl adjacent to an activating group) is 1. The summed E-state index contributed by atoms with van der Waals surface area (Å²) in [6.45, 7) is 0.977. The number of rotatable bonds is 3. The molecule has 1 aromatic carbocycles. The Morgan fingerprint density at radius 3 is 3.00 bits per heavy atom. The molecule has 1 N–H and O–H groups in total. The van der Waals surface area contributed by atoms with E-state index < -0.39 is 0 Å². The number of hydrogen-bond donors (Lipinski definition) is 1. The molecule has 82 valence electrons. The molecule has 1 heterocycles. The van der Waals surface area contributed by atoms with E-state index in [2.05, 4.69) is 10.2 Å². The first-order valence-corrected chi connectivity index (χ1v) is 5.39. The second kappa shape index (κ2) is 4.19. The largest absolute Gasteiger partial charge is 0.371 e. The van der Waals surface area contributed by atoms with Crippen molar-refractivity contribution in [1.82, 2.24) is 5.32 Å². The van der Waals surface area contributed by atoms with Gasteiger partial charge in [-0.1, -0.05) is 6.07 Å². The summed E-state index contributed by atoms with van der Waals surface area (Å²) >= 11 is 0. The van der Waals surface area contributed by atoms with Gasteiger partial charge in [-0.25, -0.2) is 4.39 Å². The number of nitrogens with one attached hydrogen (secondary N) is 1. The van der Waals surface area contributed by atoms with Crippen LogP contribution < -0.4 is 10.2 Å². The lowest BCUT2D eigenvalue weighted by molar-refractivity contribution is 0.568. The van der Waals surface area contributed by atoms with Crippen molar-refractivity contribution in [3.8, 4) is 0 Å². The fourth-order valence-corrected chi connectivity index (χ4v) is 2.26. The van der Waals surface area contributed by atoms with Gasteiger partial charge in [0, 0.05) is 24.3 Å². The van der Waals surface area contributed by atoms with E-state index in [1.54, 1.807) is 12.1 Å². The maximum Gasteiger partial charge on any atom is 0.128 e. The fourth-order valence-electron chi connectivity index (χ4n) is 2.26. The van der Waals surface area contributed by atoms with Gasteiger partial charge >= 0.3 is 0 Å². The number of nitrogens with zero attached hydrogens (tertiary/aromatic N) is 1. The van der Waals surface area contributed by atoms with Gasteiger partial charge in [0.15, 0.2) is 0 Å². The average molecular weight is 208 g/mol. The summed E-state index contributed by atoms with van der Waals surface area (Å²) in [4.78, 5) is 2.19. The quantitative estimate of drug-likeness (QED) is 0.814. The molecule has 1 aliphatic heterocycles. The summed E-state index contributed by atoms with van der Waals surface area (Å²) in [7, 11) is 3.99. The van der Waals surface area contributed by atoms with Gasteiger partial charge in [0.1, 0.15) is 5.82 Å². The molecular weight excluding hydrogens is 191 g/mol. The average Bonchev–Trinajstić information content (AvgIpc) is 2.55. The van der Waals surface area contributed by atoms with Gasteiger partial charge in [-0.05, 0) is 38.6 Å². The highest BCUT2D eigenvalue weighted by Gasteiger charge is 2.27. The first-order chi connectivity index (χ1) is 7.24. The molecule has 0 amide bonds. The van der Waals surface area contributed by atoms with Gasteiger partial charge in [-0.2, -0.15) is 0 Å². The second-order valence-electron chi connectivity index (χ2n) is 4.10. The Morgan fingerprint density at radius 2 is 2.33 bits per heavy atom. The lowest BCUT2D eigenvalue weighted by Gasteiger charge is -2.22. The van der Waals surface area contributed by atoms with Crippen LogP contribution in [0.5, 0.6) is 0 Å². The van der Waals surface area contributed by atoms with Crippen molar-refractivity contribution in [2.45, 2.75) is 18.9 Å². The third kappa shape index (κ3) is 1.84. The van der Waals surface area contributed by atoms with Crippen molar-refractivity contribution in [3.05, 3.63) is 29.6 Å². The highest BCUT2D eigenvalue weighted by molar-refractivity contribution is 5.59. The Morgan fingerprint density at radius 1 is 1.53 bits per heavy atom. The van der Waals surface area contributed by atoms with Gasteiger partial charge in [0.05, 0.1) is 0 Å². The van der Waals surface area contributed by atoms with E-state index in [1.807, 2.05) is 20.2 Å². The first-order valence-electron chi connectivity index (χ1n) is 5.39. The molecule has 15 heavy (non-hydrogen) atoms. The van der Waals surface area contributed by atoms with Crippen LogP contribution in [0.4, 0.5) is 10.1 Å². The fraction of sp³-hybridized carbons (Fsp3) is 0.500. The Labute approximate surface area is 90.1 Å². The molecule has 1 aliphatic rings. The molecule has 1 atom stereocenters. The summed E-state index contributed by atoms with van der Waals surface area (Å²) in [6, 6.07) is 5.76. The SMILES string of the molecule is CNCCC1Cc2c(F)cccc2N1C. The molecule has 2 nitrogen and oxygen atoms in total. The van der Waals surface area contributed by atoms with Crippen LogP contribution in [-0.2, 0) is 6.42 Å². The third-order valence-electron chi connectivity index (χ3n) is 3.19. The number of hydrogen-bond acceptors (Lipinski definition) is 2. The predicted molar refractivity (Wildman–Crippen MR) is 60.8 cm³/mol. The van der Waals surface area contributed by atoms with Crippen LogP contribution >= 0.6 is 0 Å². The number of anilines is 1. The van der Waals surface area contributed by atoms with Gasteiger partial charge < -0.3 is 10.2 Å². The summed E-state index contributed by atoms with van der Waals surface area (Å²) in [5, 5.41) is 3.14. The zero-order valence-corrected chi connectivity index (χ0v) is 9.26. The minimum Gasteiger partial charge on any atom is -0.371 e. The summed E-state index contributed by atoms with van der Waals surface area (Å²) in [6.07, 6.45) is 1.89. The standard InChI is InChI=1S/C12H17FN2/c1-14-7-6-9-8-10-11(13)4-3-5-12(10)15(9)2/h3-5,9,14H,6-8H2,1-2H3. The maximum absolute atomic E-state index is 13.5. The maximum atomic E-state index is 13.5. The molecule has 2 rings (SSSR count). The number of halogens is 1. The van der Waals surface area contributed by atoms with Crippen LogP contribution in [0.2, 0.25) is 0 Å². The van der Waals surface area contributed by atoms with E-state index in [-0.39, 0.29) is 5.82 Å². The van der Waals surface area contributed by atoms with Gasteiger partial charge in [0.2, 0.25) is 0 Å². The Kier molecular flexibility index (Phi) is 2.91. The third-order valence-corrected chi connectivity index (χ3v) is 3.19. The zero-order chi connectivity index (χ0) is 10.8. The molecule has 0 aliphatic carbocycles. The molecule has 3 heteroatoms. The summed E-state index contributed by atoms with van der Waals surface area (Å²) in [5.74, 6) is -0.0636. The lowest BCUT2D eigenvalue weighted by Crippen LogP contribution is -2.30. The van der Waals surface area contributed by atoms with E-state index in [4.69, 9.17) is 0 Å². The lowest BCUT2D eigenvalue weighted by atomic mass is 10.1. The molecule has 0 bridgehead atoms. The Hall–Kier alpha value is -1.09. The number of fused-ring (bicyclic) bond motifs is 1. The monoisotopic (exact) mass is 208 g/mol. The molecule has 0 spiro atoms. The minimum atomic E-state index is -0.0636. The van der Waals surface area contributed by atoms with Crippen LogP contribution in [0.15, 0.2) is 18.2 Å². The van der Waals surface area contributed by atoms with Crippen molar-refractivity contribution >= 4 is 5.69 Å². The van der Waals surface area contributed by atoms with Crippen LogP contribution in [-0.4, -0.2) is 26.7 Å². The topological polar surface area (TPSA) is 15.3 Å². The molecule has 0 saturated heterocycles. The minimum absolute atomic E-state index is 0.0636. The molecule has 1 aromatic rings. The highest BCUT2D eigenvalue weighted by atomic mass is 19.1. The Balaban J connectivity index is 2.18. The van der Waals surface area contributed by atoms with E-state index >= 15 is 0 Å². The van der Waals surface area contributed by atoms with Crippen LogP contribution in [0.3, 0.4) is 0 Å². The molecule has 0 aromatic heterocycles. The summed E-state index contributed by atoms with van der Waals surface area (Å²) < 4.78 is 13.5. The molecular formula is C12H17FN2. The van der Waals surface area contributed by atoms with Crippen molar-refractivity contribution in [1.29, 1.82) is 0 Å². The highest BCUT2D eigenvalue weighted by Crippen LogP contribution is 2.33. The molecule has 0 saturated carbocycles. The van der Waals surface area contributed by atoms with Gasteiger partial charge in [0.25, 0.3) is 0 Å². The summed E-state index contributed by atoms with van der Waals surface area (Å²) in [5.41, 5.74) is 1.93. The second-order valence-corrected chi connectivity index (χ2v) is 4.10. The van der Waals surface area contributed by atoms with Crippen LogP contribution in [0.1, 0.15) is 12.0 Å². The van der Waals surface area contributed by atoms with Crippen molar-refractivity contribution in [2.24, 2.45) is 0 Å². The van der Waals surface area contributed by atoms with Crippen molar-refractivity contribution in [3.63, 3.8) is 0 Å². The van der Waals surface area contributed by atoms with E-state index in [0.29, 0.717) is 6.04 Å². The molecule has 1 unspecified atom stereocenters. The van der Waals surface area contributed by atoms with Crippen LogP contribution in [0, 0.1) is 5.82 Å². The van der Waals surface area contributed by atoms with Crippen molar-refractivity contribution in [2.75, 3.05) is 25.5 Å². The normalized spacial score (nSPS) is 19.4. The predicted octanol–water partition coefficient (Wildman–Crippen LogP) is 1.80. The molecule has 0 fully saturated rings. The van der Waals surface area contributed by atoms with Crippen molar-refractivity contribution < 1.29 is 4.39 Å². The van der Waals surface area contributed by atoms with E-state index in [9.17, 15) is 4.39 Å². The number of benzene rings is 1. The van der Waals surface area contributed by atoms with Crippen LogP contribution in [0.25, 0.3) is 0 Å². The van der Waals surface area contributed by atoms with E-state index in [0.717, 1.165) is 30.6 Å². The smallest absolute Gasteiger partial charge is 0.128 e.